The second kappa shape index (κ2) is 3.89. The van der Waals surface area contributed by atoms with Crippen molar-refractivity contribution in [2.75, 3.05) is 6.54 Å². The summed E-state index contributed by atoms with van der Waals surface area (Å²) in [6.45, 7) is 5.77. The SMILES string of the molecule is CC(C)C1NCCc2ccc(C3CC3)cc21. The average Bonchev–Trinajstić information content (AvgIpc) is 3.11. The van der Waals surface area contributed by atoms with Gasteiger partial charge in [0.25, 0.3) is 0 Å². The quantitative estimate of drug-likeness (QED) is 0.797. The Labute approximate surface area is 98.3 Å². The first-order valence-corrected chi connectivity index (χ1v) is 6.62. The predicted molar refractivity (Wildman–Crippen MR) is 67.7 cm³/mol. The van der Waals surface area contributed by atoms with Crippen LogP contribution in [-0.2, 0) is 6.42 Å². The molecule has 1 aliphatic heterocycles. The van der Waals surface area contributed by atoms with E-state index in [4.69, 9.17) is 0 Å². The summed E-state index contributed by atoms with van der Waals surface area (Å²) in [6.07, 6.45) is 4.00. The summed E-state index contributed by atoms with van der Waals surface area (Å²) < 4.78 is 0. The van der Waals surface area contributed by atoms with Crippen molar-refractivity contribution < 1.29 is 0 Å². The van der Waals surface area contributed by atoms with Crippen LogP contribution < -0.4 is 5.32 Å². The summed E-state index contributed by atoms with van der Waals surface area (Å²) in [7, 11) is 0. The lowest BCUT2D eigenvalue weighted by molar-refractivity contribution is 0.395. The van der Waals surface area contributed by atoms with E-state index in [-0.39, 0.29) is 0 Å². The second-order valence-corrected chi connectivity index (χ2v) is 5.66. The van der Waals surface area contributed by atoms with E-state index in [1.165, 1.54) is 19.3 Å². The lowest BCUT2D eigenvalue weighted by Crippen LogP contribution is -2.33. The molecule has 1 fully saturated rings. The van der Waals surface area contributed by atoms with Gasteiger partial charge >= 0.3 is 0 Å². The van der Waals surface area contributed by atoms with Crippen molar-refractivity contribution in [3.8, 4) is 0 Å². The van der Waals surface area contributed by atoms with E-state index in [0.717, 1.165) is 12.5 Å². The zero-order valence-electron chi connectivity index (χ0n) is 10.3. The minimum absolute atomic E-state index is 0.572. The fourth-order valence-electron chi connectivity index (χ4n) is 2.87. The van der Waals surface area contributed by atoms with Crippen LogP contribution in [0.15, 0.2) is 18.2 Å². The third kappa shape index (κ3) is 1.78. The Balaban J connectivity index is 1.99. The molecule has 0 amide bonds. The van der Waals surface area contributed by atoms with E-state index in [0.29, 0.717) is 12.0 Å². The van der Waals surface area contributed by atoms with Crippen LogP contribution in [-0.4, -0.2) is 6.54 Å². The van der Waals surface area contributed by atoms with Crippen LogP contribution in [0, 0.1) is 5.92 Å². The van der Waals surface area contributed by atoms with Gasteiger partial charge in [-0.3, -0.25) is 0 Å². The first-order valence-electron chi connectivity index (χ1n) is 6.62. The predicted octanol–water partition coefficient (Wildman–Crippen LogP) is 3.41. The molecule has 0 spiro atoms. The normalized spacial score (nSPS) is 24.6. The lowest BCUT2D eigenvalue weighted by atomic mass is 9.86. The van der Waals surface area contributed by atoms with Crippen molar-refractivity contribution in [2.24, 2.45) is 5.92 Å². The van der Waals surface area contributed by atoms with E-state index in [2.05, 4.69) is 37.4 Å². The summed E-state index contributed by atoms with van der Waals surface area (Å²) in [6, 6.07) is 7.78. The van der Waals surface area contributed by atoms with Crippen molar-refractivity contribution in [2.45, 2.75) is 45.1 Å². The molecule has 1 aromatic rings. The van der Waals surface area contributed by atoms with Crippen LogP contribution in [0.25, 0.3) is 0 Å². The van der Waals surface area contributed by atoms with Gasteiger partial charge in [-0.1, -0.05) is 32.0 Å². The highest BCUT2D eigenvalue weighted by molar-refractivity contribution is 5.39. The Morgan fingerprint density at radius 3 is 2.75 bits per heavy atom. The zero-order chi connectivity index (χ0) is 11.1. The van der Waals surface area contributed by atoms with Crippen LogP contribution in [0.3, 0.4) is 0 Å². The highest BCUT2D eigenvalue weighted by Gasteiger charge is 2.27. The minimum atomic E-state index is 0.572. The molecule has 1 heteroatoms. The molecule has 1 aliphatic carbocycles. The minimum Gasteiger partial charge on any atom is -0.309 e. The van der Waals surface area contributed by atoms with Gasteiger partial charge in [0.1, 0.15) is 0 Å². The summed E-state index contributed by atoms with van der Waals surface area (Å²) in [5, 5.41) is 3.66. The molecule has 1 nitrogen and oxygen atoms in total. The molecule has 3 rings (SSSR count). The molecule has 0 saturated heterocycles. The fourth-order valence-corrected chi connectivity index (χ4v) is 2.87. The number of fused-ring (bicyclic) bond motifs is 1. The van der Waals surface area contributed by atoms with Gasteiger partial charge in [-0.15, -0.1) is 0 Å². The molecule has 1 heterocycles. The third-order valence-electron chi connectivity index (χ3n) is 3.98. The first-order chi connectivity index (χ1) is 7.75. The Morgan fingerprint density at radius 2 is 2.06 bits per heavy atom. The maximum absolute atomic E-state index is 3.66. The van der Waals surface area contributed by atoms with Gasteiger partial charge in [0.15, 0.2) is 0 Å². The highest BCUT2D eigenvalue weighted by atomic mass is 14.9. The maximum Gasteiger partial charge on any atom is 0.0346 e. The summed E-state index contributed by atoms with van der Waals surface area (Å²) in [5.74, 6) is 1.56. The Hall–Kier alpha value is -0.820. The molecule has 1 saturated carbocycles. The molecule has 86 valence electrons. The molecule has 1 N–H and O–H groups in total. The van der Waals surface area contributed by atoms with E-state index in [9.17, 15) is 0 Å². The average molecular weight is 215 g/mol. The lowest BCUT2D eigenvalue weighted by Gasteiger charge is -2.30. The van der Waals surface area contributed by atoms with E-state index < -0.39 is 0 Å². The Kier molecular flexibility index (Phi) is 2.51. The Bertz CT molecular complexity index is 390. The number of benzene rings is 1. The van der Waals surface area contributed by atoms with Crippen molar-refractivity contribution in [3.05, 3.63) is 34.9 Å². The molecular formula is C15H21N. The highest BCUT2D eigenvalue weighted by Crippen LogP contribution is 2.42. The van der Waals surface area contributed by atoms with Gasteiger partial charge in [-0.2, -0.15) is 0 Å². The summed E-state index contributed by atoms with van der Waals surface area (Å²) in [5.41, 5.74) is 4.72. The summed E-state index contributed by atoms with van der Waals surface area (Å²) in [4.78, 5) is 0. The maximum atomic E-state index is 3.66. The summed E-state index contributed by atoms with van der Waals surface area (Å²) >= 11 is 0. The van der Waals surface area contributed by atoms with Crippen LogP contribution in [0.4, 0.5) is 0 Å². The van der Waals surface area contributed by atoms with Gasteiger partial charge in [-0.25, -0.2) is 0 Å². The van der Waals surface area contributed by atoms with E-state index >= 15 is 0 Å². The van der Waals surface area contributed by atoms with Gasteiger partial charge in [0, 0.05) is 6.04 Å². The number of nitrogens with one attached hydrogen (secondary N) is 1. The van der Waals surface area contributed by atoms with Gasteiger partial charge in [-0.05, 0) is 54.3 Å². The first kappa shape index (κ1) is 10.3. The third-order valence-corrected chi connectivity index (χ3v) is 3.98. The van der Waals surface area contributed by atoms with Crippen molar-refractivity contribution in [3.63, 3.8) is 0 Å². The monoisotopic (exact) mass is 215 g/mol. The van der Waals surface area contributed by atoms with Gasteiger partial charge < -0.3 is 5.32 Å². The molecule has 1 atom stereocenters. The van der Waals surface area contributed by atoms with E-state index in [1.54, 1.807) is 16.7 Å². The Morgan fingerprint density at radius 1 is 1.25 bits per heavy atom. The molecule has 0 aromatic heterocycles. The van der Waals surface area contributed by atoms with Crippen molar-refractivity contribution >= 4 is 0 Å². The molecule has 2 aliphatic rings. The van der Waals surface area contributed by atoms with Crippen molar-refractivity contribution in [1.82, 2.24) is 5.32 Å². The molecule has 1 unspecified atom stereocenters. The zero-order valence-corrected chi connectivity index (χ0v) is 10.3. The smallest absolute Gasteiger partial charge is 0.0346 e. The van der Waals surface area contributed by atoms with Crippen LogP contribution in [0.1, 0.15) is 55.3 Å². The van der Waals surface area contributed by atoms with Crippen LogP contribution >= 0.6 is 0 Å². The standard InChI is InChI=1S/C15H21N/c1-10(2)15-14-9-13(11-3-4-11)6-5-12(14)7-8-16-15/h5-6,9-11,15-16H,3-4,7-8H2,1-2H3. The van der Waals surface area contributed by atoms with Crippen LogP contribution in [0.5, 0.6) is 0 Å². The second-order valence-electron chi connectivity index (χ2n) is 5.66. The molecule has 0 radical (unpaired) electrons. The largest absolute Gasteiger partial charge is 0.309 e. The molecule has 0 bridgehead atoms. The molecule has 16 heavy (non-hydrogen) atoms. The van der Waals surface area contributed by atoms with E-state index in [1.807, 2.05) is 0 Å². The number of hydrogen-bond acceptors (Lipinski definition) is 1. The number of rotatable bonds is 2. The fraction of sp³-hybridized carbons (Fsp3) is 0.600. The van der Waals surface area contributed by atoms with Crippen molar-refractivity contribution in [1.29, 1.82) is 0 Å². The molecule has 1 aromatic carbocycles. The topological polar surface area (TPSA) is 12.0 Å². The van der Waals surface area contributed by atoms with Gasteiger partial charge in [0.2, 0.25) is 0 Å². The number of hydrogen-bond donors (Lipinski definition) is 1. The van der Waals surface area contributed by atoms with Gasteiger partial charge in [0.05, 0.1) is 0 Å². The molecular weight excluding hydrogens is 194 g/mol. The van der Waals surface area contributed by atoms with Crippen LogP contribution in [0.2, 0.25) is 0 Å².